The van der Waals surface area contributed by atoms with Crippen LogP contribution in [-0.2, 0) is 15.5 Å². The van der Waals surface area contributed by atoms with Crippen molar-refractivity contribution in [1.82, 2.24) is 0 Å². The van der Waals surface area contributed by atoms with E-state index in [2.05, 4.69) is 20.8 Å². The van der Waals surface area contributed by atoms with Gasteiger partial charge in [0.25, 0.3) is 9.05 Å². The van der Waals surface area contributed by atoms with Crippen molar-refractivity contribution in [3.8, 4) is 0 Å². The minimum absolute atomic E-state index is 0.0409. The quantitative estimate of drug-likeness (QED) is 0.801. The van der Waals surface area contributed by atoms with Gasteiger partial charge in [-0.25, -0.2) is 8.42 Å². The summed E-state index contributed by atoms with van der Waals surface area (Å²) in [6, 6.07) is 4.72. The molecule has 0 aromatic heterocycles. The zero-order valence-electron chi connectivity index (χ0n) is 11.1. The monoisotopic (exact) mass is 274 g/mol. The number of nitrogens with one attached hydrogen (secondary N) is 1. The van der Waals surface area contributed by atoms with Gasteiger partial charge in [-0.05, 0) is 35.6 Å². The lowest BCUT2D eigenvalue weighted by Crippen LogP contribution is -2.31. The molecule has 1 aliphatic heterocycles. The third kappa shape index (κ3) is 2.58. The SMILES string of the molecule is [2H]N1c2ccc(S(=O)(=O)Cl)cc2CC1C(C)(C)C. The molecule has 17 heavy (non-hydrogen) atoms. The normalized spacial score (nSPS) is 21.3. The zero-order chi connectivity index (χ0) is 13.7. The maximum atomic E-state index is 11.3. The van der Waals surface area contributed by atoms with Crippen LogP contribution in [0.2, 0.25) is 1.41 Å². The number of hydrogen-bond donors (Lipinski definition) is 1. The molecule has 1 N–H and O–H groups in total. The molecule has 1 aromatic carbocycles. The van der Waals surface area contributed by atoms with Crippen molar-refractivity contribution < 1.29 is 9.83 Å². The Balaban J connectivity index is 2.44. The molecule has 1 aliphatic rings. The van der Waals surface area contributed by atoms with E-state index in [4.69, 9.17) is 12.1 Å². The molecule has 0 saturated heterocycles. The highest BCUT2D eigenvalue weighted by atomic mass is 35.7. The van der Waals surface area contributed by atoms with E-state index in [-0.39, 0.29) is 16.4 Å². The largest absolute Gasteiger partial charge is 0.381 e. The van der Waals surface area contributed by atoms with Gasteiger partial charge in [0, 0.05) is 22.4 Å². The molecule has 0 amide bonds. The van der Waals surface area contributed by atoms with E-state index in [0.717, 1.165) is 11.3 Å². The predicted molar refractivity (Wildman–Crippen MR) is 70.1 cm³/mol. The lowest BCUT2D eigenvalue weighted by molar-refractivity contribution is 0.347. The number of benzene rings is 1. The van der Waals surface area contributed by atoms with E-state index in [1.807, 2.05) is 0 Å². The average molecular weight is 275 g/mol. The van der Waals surface area contributed by atoms with E-state index in [1.54, 1.807) is 12.1 Å². The molecule has 5 heteroatoms. The van der Waals surface area contributed by atoms with Crippen LogP contribution in [0.5, 0.6) is 0 Å². The fourth-order valence-corrected chi connectivity index (χ4v) is 2.73. The van der Waals surface area contributed by atoms with Crippen LogP contribution >= 0.6 is 10.7 Å². The number of halogens is 1. The first-order valence-corrected chi connectivity index (χ1v) is 7.77. The minimum Gasteiger partial charge on any atom is -0.381 e. The molecule has 1 unspecified atom stereocenters. The van der Waals surface area contributed by atoms with Crippen molar-refractivity contribution in [2.45, 2.75) is 38.1 Å². The highest BCUT2D eigenvalue weighted by Crippen LogP contribution is 2.35. The van der Waals surface area contributed by atoms with Crippen LogP contribution in [0.15, 0.2) is 23.1 Å². The van der Waals surface area contributed by atoms with E-state index in [1.165, 1.54) is 11.4 Å². The van der Waals surface area contributed by atoms with Crippen LogP contribution in [0.4, 0.5) is 5.69 Å². The molecule has 3 nitrogen and oxygen atoms in total. The van der Waals surface area contributed by atoms with Gasteiger partial charge in [0.15, 0.2) is 1.41 Å². The summed E-state index contributed by atoms with van der Waals surface area (Å²) in [5.74, 6) is 0. The standard InChI is InChI=1S/C12H16ClNO2S/c1-12(2,3)11-7-8-6-9(17(13,15)16)4-5-10(8)14-11/h4-6,11,14H,7H2,1-3H3/i/hD. The molecule has 0 radical (unpaired) electrons. The first kappa shape index (κ1) is 11.4. The third-order valence-electron chi connectivity index (χ3n) is 3.04. The average Bonchev–Trinajstić information content (AvgIpc) is 2.54. The van der Waals surface area contributed by atoms with Crippen molar-refractivity contribution >= 4 is 25.4 Å². The van der Waals surface area contributed by atoms with Crippen LogP contribution in [0, 0.1) is 5.41 Å². The third-order valence-corrected chi connectivity index (χ3v) is 4.39. The van der Waals surface area contributed by atoms with Gasteiger partial charge in [-0.15, -0.1) is 0 Å². The highest BCUT2D eigenvalue weighted by molar-refractivity contribution is 8.13. The second-order valence-corrected chi connectivity index (χ2v) is 8.01. The zero-order valence-corrected chi connectivity index (χ0v) is 11.6. The summed E-state index contributed by atoms with van der Waals surface area (Å²) >= 11 is 0. The second kappa shape index (κ2) is 3.89. The van der Waals surface area contributed by atoms with Crippen molar-refractivity contribution in [3.05, 3.63) is 23.8 Å². The molecule has 0 spiro atoms. The number of anilines is 1. The molecule has 1 heterocycles. The van der Waals surface area contributed by atoms with Crippen molar-refractivity contribution in [3.63, 3.8) is 0 Å². The van der Waals surface area contributed by atoms with Crippen molar-refractivity contribution in [1.29, 1.82) is 0 Å². The van der Waals surface area contributed by atoms with Gasteiger partial charge < -0.3 is 5.31 Å². The Bertz CT molecular complexity index is 580. The summed E-state index contributed by atoms with van der Waals surface area (Å²) < 4.78 is 30.7. The van der Waals surface area contributed by atoms with Crippen molar-refractivity contribution in [2.24, 2.45) is 5.41 Å². The van der Waals surface area contributed by atoms with Crippen LogP contribution in [-0.4, -0.2) is 14.5 Å². The summed E-state index contributed by atoms with van der Waals surface area (Å²) in [5.41, 5.74) is 1.59. The van der Waals surface area contributed by atoms with Gasteiger partial charge in [-0.2, -0.15) is 0 Å². The highest BCUT2D eigenvalue weighted by Gasteiger charge is 2.31. The predicted octanol–water partition coefficient (Wildman–Crippen LogP) is 3.00. The Morgan fingerprint density at radius 3 is 2.65 bits per heavy atom. The Morgan fingerprint density at radius 2 is 2.12 bits per heavy atom. The molecule has 94 valence electrons. The molecule has 1 atom stereocenters. The molecule has 1 aromatic rings. The summed E-state index contributed by atoms with van der Waals surface area (Å²) in [6.45, 7) is 6.22. The van der Waals surface area contributed by atoms with Gasteiger partial charge in [0.05, 0.1) is 4.90 Å². The van der Waals surface area contributed by atoms with E-state index in [0.29, 0.717) is 6.42 Å². The molecular weight excluding hydrogens is 258 g/mol. The fraction of sp³-hybridized carbons (Fsp3) is 0.500. The Hall–Kier alpha value is -0.740. The van der Waals surface area contributed by atoms with Crippen LogP contribution in [0.1, 0.15) is 26.3 Å². The van der Waals surface area contributed by atoms with Crippen LogP contribution in [0.3, 0.4) is 0 Å². The lowest BCUT2D eigenvalue weighted by atomic mass is 9.85. The summed E-state index contributed by atoms with van der Waals surface area (Å²) in [4.78, 5) is 0.103. The first-order valence-electron chi connectivity index (χ1n) is 5.91. The van der Waals surface area contributed by atoms with Gasteiger partial charge in [-0.1, -0.05) is 20.8 Å². The van der Waals surface area contributed by atoms with Crippen LogP contribution in [0.25, 0.3) is 0 Å². The Kier molecular flexibility index (Phi) is 2.60. The summed E-state index contributed by atoms with van der Waals surface area (Å²) in [7, 11) is 1.63. The van der Waals surface area contributed by atoms with Gasteiger partial charge >= 0.3 is 0 Å². The number of hydrogen-bond acceptors (Lipinski definition) is 3. The molecular formula is C12H16ClNO2S. The molecule has 0 saturated carbocycles. The molecule has 2 rings (SSSR count). The smallest absolute Gasteiger partial charge is 0.261 e. The molecule has 0 fully saturated rings. The summed E-state index contributed by atoms with van der Waals surface area (Å²) in [6.07, 6.45) is 0.669. The van der Waals surface area contributed by atoms with Gasteiger partial charge in [-0.3, -0.25) is 0 Å². The summed E-state index contributed by atoms with van der Waals surface area (Å²) in [5, 5.41) is 1.47. The van der Waals surface area contributed by atoms with E-state index >= 15 is 0 Å². The van der Waals surface area contributed by atoms with Crippen LogP contribution < -0.4 is 5.31 Å². The minimum atomic E-state index is -3.70. The molecule has 0 bridgehead atoms. The topological polar surface area (TPSA) is 46.2 Å². The molecule has 0 aliphatic carbocycles. The lowest BCUT2D eigenvalue weighted by Gasteiger charge is -2.27. The first-order chi connectivity index (χ1) is 8.10. The second-order valence-electron chi connectivity index (χ2n) is 5.44. The van der Waals surface area contributed by atoms with Gasteiger partial charge in [0.2, 0.25) is 0 Å². The fourth-order valence-electron chi connectivity index (χ4n) is 1.92. The van der Waals surface area contributed by atoms with Gasteiger partial charge in [0.1, 0.15) is 0 Å². The van der Waals surface area contributed by atoms with E-state index in [9.17, 15) is 8.42 Å². The maximum absolute atomic E-state index is 11.3. The number of fused-ring (bicyclic) bond motifs is 1. The van der Waals surface area contributed by atoms with Crippen molar-refractivity contribution in [2.75, 3.05) is 5.31 Å². The van der Waals surface area contributed by atoms with E-state index < -0.39 is 9.05 Å². The Labute approximate surface area is 108 Å². The Morgan fingerprint density at radius 1 is 1.47 bits per heavy atom. The number of rotatable bonds is 1. The maximum Gasteiger partial charge on any atom is 0.261 e.